The van der Waals surface area contributed by atoms with E-state index in [-0.39, 0.29) is 0 Å². The molecule has 2 aromatic heterocycles. The topological polar surface area (TPSA) is 70.9 Å². The third kappa shape index (κ3) is 1.82. The molecule has 0 radical (unpaired) electrons. The van der Waals surface area contributed by atoms with E-state index in [1.165, 1.54) is 0 Å². The van der Waals surface area contributed by atoms with Crippen molar-refractivity contribution in [1.82, 2.24) is 19.3 Å². The molecule has 19 heavy (non-hydrogen) atoms. The Bertz CT molecular complexity index is 594. The number of rotatable bonds is 4. The average Bonchev–Trinajstić information content (AvgIpc) is 2.82. The van der Waals surface area contributed by atoms with Gasteiger partial charge in [0, 0.05) is 19.2 Å². The fourth-order valence-electron chi connectivity index (χ4n) is 2.91. The van der Waals surface area contributed by atoms with Gasteiger partial charge in [0.15, 0.2) is 5.65 Å². The zero-order chi connectivity index (χ0) is 13.6. The highest BCUT2D eigenvalue weighted by Crippen LogP contribution is 2.38. The van der Waals surface area contributed by atoms with Gasteiger partial charge in [-0.05, 0) is 33.6 Å². The quantitative estimate of drug-likeness (QED) is 0.914. The van der Waals surface area contributed by atoms with E-state index in [0.29, 0.717) is 18.1 Å². The molecule has 0 amide bonds. The Kier molecular flexibility index (Phi) is 2.97. The summed E-state index contributed by atoms with van der Waals surface area (Å²) in [7, 11) is 0. The number of nitrogens with zero attached hydrogens (tertiary/aromatic N) is 4. The fourth-order valence-corrected chi connectivity index (χ4v) is 2.91. The second kappa shape index (κ2) is 4.52. The van der Waals surface area contributed by atoms with Crippen molar-refractivity contribution in [3.05, 3.63) is 5.69 Å². The summed E-state index contributed by atoms with van der Waals surface area (Å²) in [6.07, 6.45) is 2.39. The highest BCUT2D eigenvalue weighted by Gasteiger charge is 2.34. The lowest BCUT2D eigenvalue weighted by Crippen LogP contribution is -2.34. The van der Waals surface area contributed by atoms with E-state index in [2.05, 4.69) is 21.6 Å². The Morgan fingerprint density at radius 3 is 2.74 bits per heavy atom. The molecule has 0 aromatic carbocycles. The number of hydrogen-bond acceptors (Lipinski definition) is 4. The molecule has 6 heteroatoms. The van der Waals surface area contributed by atoms with Gasteiger partial charge in [0.2, 0.25) is 5.95 Å². The summed E-state index contributed by atoms with van der Waals surface area (Å²) in [6, 6.07) is 0.392. The minimum Gasteiger partial charge on any atom is -0.378 e. The fraction of sp³-hybridized carbons (Fsp3) is 0.692. The molecule has 0 saturated heterocycles. The van der Waals surface area contributed by atoms with Crippen molar-refractivity contribution in [2.24, 2.45) is 0 Å². The Morgan fingerprint density at radius 1 is 1.37 bits per heavy atom. The standard InChI is InChI=1S/C13H21N5O/c1-4-17-12-11(8(3)16-17)15-13(14)18(12)9-6-10(7-9)19-5-2/h9-10H,4-7H2,1-3H3,(H2,14,15). The van der Waals surface area contributed by atoms with Crippen molar-refractivity contribution in [2.75, 3.05) is 12.3 Å². The van der Waals surface area contributed by atoms with E-state index in [4.69, 9.17) is 10.5 Å². The monoisotopic (exact) mass is 263 g/mol. The lowest BCUT2D eigenvalue weighted by molar-refractivity contribution is -0.0184. The molecular weight excluding hydrogens is 242 g/mol. The number of nitrogens with two attached hydrogens (primary N) is 1. The van der Waals surface area contributed by atoms with Gasteiger partial charge in [0.05, 0.1) is 11.8 Å². The normalized spacial score (nSPS) is 22.9. The first-order valence-corrected chi connectivity index (χ1v) is 6.98. The molecule has 1 saturated carbocycles. The van der Waals surface area contributed by atoms with Crippen molar-refractivity contribution in [3.8, 4) is 0 Å². The predicted octanol–water partition coefficient (Wildman–Crippen LogP) is 1.88. The van der Waals surface area contributed by atoms with Crippen molar-refractivity contribution in [3.63, 3.8) is 0 Å². The number of nitrogen functional groups attached to an aromatic ring is 1. The molecule has 3 rings (SSSR count). The number of fused-ring (bicyclic) bond motifs is 1. The molecular formula is C13H21N5O. The van der Waals surface area contributed by atoms with Crippen molar-refractivity contribution >= 4 is 17.1 Å². The van der Waals surface area contributed by atoms with Crippen LogP contribution in [0.5, 0.6) is 0 Å². The number of aryl methyl sites for hydroxylation is 2. The summed E-state index contributed by atoms with van der Waals surface area (Å²) < 4.78 is 9.74. The molecule has 2 N–H and O–H groups in total. The molecule has 104 valence electrons. The zero-order valence-corrected chi connectivity index (χ0v) is 11.8. The number of aromatic nitrogens is 4. The first-order valence-electron chi connectivity index (χ1n) is 6.98. The van der Waals surface area contributed by atoms with E-state index in [1.54, 1.807) is 0 Å². The highest BCUT2D eigenvalue weighted by molar-refractivity contribution is 5.77. The van der Waals surface area contributed by atoms with Crippen LogP contribution in [0, 0.1) is 6.92 Å². The molecule has 2 aromatic rings. The summed E-state index contributed by atoms with van der Waals surface area (Å²) in [5, 5.41) is 4.51. The van der Waals surface area contributed by atoms with E-state index in [1.807, 2.05) is 18.5 Å². The van der Waals surface area contributed by atoms with Crippen LogP contribution in [0.4, 0.5) is 5.95 Å². The first-order chi connectivity index (χ1) is 9.15. The van der Waals surface area contributed by atoms with Crippen molar-refractivity contribution in [2.45, 2.75) is 52.3 Å². The van der Waals surface area contributed by atoms with Gasteiger partial charge in [-0.15, -0.1) is 0 Å². The van der Waals surface area contributed by atoms with Gasteiger partial charge in [-0.3, -0.25) is 4.57 Å². The minimum absolute atomic E-state index is 0.367. The van der Waals surface area contributed by atoms with E-state index in [9.17, 15) is 0 Å². The molecule has 0 atom stereocenters. The summed E-state index contributed by atoms with van der Waals surface area (Å²) in [5.41, 5.74) is 9.02. The van der Waals surface area contributed by atoms with Crippen LogP contribution in [0.1, 0.15) is 38.4 Å². The molecule has 0 spiro atoms. The lowest BCUT2D eigenvalue weighted by atomic mass is 9.89. The van der Waals surface area contributed by atoms with Gasteiger partial charge in [0.25, 0.3) is 0 Å². The van der Waals surface area contributed by atoms with E-state index < -0.39 is 0 Å². The van der Waals surface area contributed by atoms with Crippen LogP contribution >= 0.6 is 0 Å². The number of anilines is 1. The Hall–Kier alpha value is -1.56. The van der Waals surface area contributed by atoms with Gasteiger partial charge in [-0.2, -0.15) is 5.10 Å². The predicted molar refractivity (Wildman–Crippen MR) is 74.0 cm³/mol. The number of imidazole rings is 1. The Morgan fingerprint density at radius 2 is 2.11 bits per heavy atom. The van der Waals surface area contributed by atoms with Gasteiger partial charge in [-0.1, -0.05) is 0 Å². The summed E-state index contributed by atoms with van der Waals surface area (Å²) in [6.45, 7) is 7.71. The van der Waals surface area contributed by atoms with Gasteiger partial charge >= 0.3 is 0 Å². The molecule has 1 aliphatic carbocycles. The first kappa shape index (κ1) is 12.5. The largest absolute Gasteiger partial charge is 0.378 e. The Labute approximate surface area is 112 Å². The number of ether oxygens (including phenoxy) is 1. The molecule has 2 heterocycles. The molecule has 0 aliphatic heterocycles. The van der Waals surface area contributed by atoms with E-state index >= 15 is 0 Å². The van der Waals surface area contributed by atoms with Gasteiger partial charge in [0.1, 0.15) is 5.52 Å². The summed E-state index contributed by atoms with van der Waals surface area (Å²) in [5.74, 6) is 0.595. The van der Waals surface area contributed by atoms with Crippen molar-refractivity contribution < 1.29 is 4.74 Å². The maximum absolute atomic E-state index is 6.09. The van der Waals surface area contributed by atoms with Crippen LogP contribution in [-0.4, -0.2) is 32.0 Å². The summed E-state index contributed by atoms with van der Waals surface area (Å²) >= 11 is 0. The van der Waals surface area contributed by atoms with Crippen molar-refractivity contribution in [1.29, 1.82) is 0 Å². The molecule has 1 fully saturated rings. The maximum Gasteiger partial charge on any atom is 0.202 e. The van der Waals surface area contributed by atoms with Gasteiger partial charge < -0.3 is 10.5 Å². The van der Waals surface area contributed by atoms with Crippen LogP contribution in [0.2, 0.25) is 0 Å². The molecule has 1 aliphatic rings. The number of hydrogen-bond donors (Lipinski definition) is 1. The lowest BCUT2D eigenvalue weighted by Gasteiger charge is -2.36. The van der Waals surface area contributed by atoms with Crippen LogP contribution < -0.4 is 5.73 Å². The third-order valence-corrected chi connectivity index (χ3v) is 3.91. The highest BCUT2D eigenvalue weighted by atomic mass is 16.5. The van der Waals surface area contributed by atoms with E-state index in [0.717, 1.165) is 42.9 Å². The third-order valence-electron chi connectivity index (χ3n) is 3.91. The van der Waals surface area contributed by atoms with Crippen LogP contribution in [0.25, 0.3) is 11.2 Å². The smallest absolute Gasteiger partial charge is 0.202 e. The minimum atomic E-state index is 0.367. The van der Waals surface area contributed by atoms with Crippen LogP contribution in [-0.2, 0) is 11.3 Å². The Balaban J connectivity index is 1.97. The van der Waals surface area contributed by atoms with Crippen LogP contribution in [0.15, 0.2) is 0 Å². The molecule has 0 bridgehead atoms. The zero-order valence-electron chi connectivity index (χ0n) is 11.8. The second-order valence-corrected chi connectivity index (χ2v) is 5.12. The second-order valence-electron chi connectivity index (χ2n) is 5.12. The maximum atomic E-state index is 6.09. The average molecular weight is 263 g/mol. The molecule has 6 nitrogen and oxygen atoms in total. The summed E-state index contributed by atoms with van der Waals surface area (Å²) in [4.78, 5) is 4.47. The van der Waals surface area contributed by atoms with Crippen LogP contribution in [0.3, 0.4) is 0 Å². The van der Waals surface area contributed by atoms with Gasteiger partial charge in [-0.25, -0.2) is 9.67 Å². The SMILES string of the molecule is CCOC1CC(n2c(N)nc3c(C)nn(CC)c32)C1. The molecule has 0 unspecified atom stereocenters.